The number of carboxylic acids is 1. The quantitative estimate of drug-likeness (QED) is 0.886. The SMILES string of the molecule is CCCOc1ccc(-c2cc(C(=O)O)c(=O)n(CC)n2)cc1. The minimum atomic E-state index is -1.25. The summed E-state index contributed by atoms with van der Waals surface area (Å²) in [6.45, 7) is 4.72. The van der Waals surface area contributed by atoms with Crippen LogP contribution in [-0.2, 0) is 6.54 Å². The van der Waals surface area contributed by atoms with Gasteiger partial charge in [0.2, 0.25) is 0 Å². The number of nitrogens with zero attached hydrogens (tertiary/aromatic N) is 2. The van der Waals surface area contributed by atoms with Crippen molar-refractivity contribution in [2.24, 2.45) is 0 Å². The van der Waals surface area contributed by atoms with Crippen molar-refractivity contribution in [2.75, 3.05) is 6.61 Å². The molecule has 0 aliphatic heterocycles. The molecule has 2 rings (SSSR count). The first-order chi connectivity index (χ1) is 10.6. The number of aromatic carboxylic acids is 1. The summed E-state index contributed by atoms with van der Waals surface area (Å²) in [6, 6.07) is 8.49. The predicted molar refractivity (Wildman–Crippen MR) is 82.4 cm³/mol. The monoisotopic (exact) mass is 302 g/mol. The molecule has 0 amide bonds. The average Bonchev–Trinajstić information content (AvgIpc) is 2.53. The van der Waals surface area contributed by atoms with Crippen LogP contribution in [0.3, 0.4) is 0 Å². The first-order valence-corrected chi connectivity index (χ1v) is 7.15. The van der Waals surface area contributed by atoms with Crippen LogP contribution < -0.4 is 10.3 Å². The lowest BCUT2D eigenvalue weighted by atomic mass is 10.1. The van der Waals surface area contributed by atoms with Gasteiger partial charge in [-0.1, -0.05) is 6.92 Å². The van der Waals surface area contributed by atoms with E-state index in [1.54, 1.807) is 31.2 Å². The molecule has 1 aromatic heterocycles. The van der Waals surface area contributed by atoms with Crippen LogP contribution in [0.15, 0.2) is 35.1 Å². The topological polar surface area (TPSA) is 81.4 Å². The maximum Gasteiger partial charge on any atom is 0.341 e. The van der Waals surface area contributed by atoms with E-state index in [-0.39, 0.29) is 5.56 Å². The van der Waals surface area contributed by atoms with Crippen molar-refractivity contribution in [2.45, 2.75) is 26.8 Å². The minimum Gasteiger partial charge on any atom is -0.494 e. The number of hydrogen-bond acceptors (Lipinski definition) is 4. The molecule has 0 aliphatic carbocycles. The maximum atomic E-state index is 11.9. The van der Waals surface area contributed by atoms with E-state index in [1.807, 2.05) is 6.92 Å². The molecule has 0 atom stereocenters. The van der Waals surface area contributed by atoms with Crippen LogP contribution >= 0.6 is 0 Å². The van der Waals surface area contributed by atoms with E-state index in [0.29, 0.717) is 18.8 Å². The fourth-order valence-electron chi connectivity index (χ4n) is 1.99. The Balaban J connectivity index is 2.41. The average molecular weight is 302 g/mol. The van der Waals surface area contributed by atoms with Crippen LogP contribution in [0.2, 0.25) is 0 Å². The number of hydrogen-bond donors (Lipinski definition) is 1. The zero-order chi connectivity index (χ0) is 16.1. The van der Waals surface area contributed by atoms with Gasteiger partial charge in [-0.3, -0.25) is 4.79 Å². The van der Waals surface area contributed by atoms with Crippen LogP contribution in [0.25, 0.3) is 11.3 Å². The predicted octanol–water partition coefficient (Wildman–Crippen LogP) is 2.42. The Morgan fingerprint density at radius 1 is 1.27 bits per heavy atom. The minimum absolute atomic E-state index is 0.279. The van der Waals surface area contributed by atoms with Crippen molar-refractivity contribution in [3.8, 4) is 17.0 Å². The van der Waals surface area contributed by atoms with E-state index in [0.717, 1.165) is 22.4 Å². The van der Waals surface area contributed by atoms with Crippen molar-refractivity contribution >= 4 is 5.97 Å². The summed E-state index contributed by atoms with van der Waals surface area (Å²) >= 11 is 0. The number of aromatic nitrogens is 2. The number of carbonyl (C=O) groups is 1. The number of ether oxygens (including phenoxy) is 1. The molecular weight excluding hydrogens is 284 g/mol. The molecule has 1 heterocycles. The van der Waals surface area contributed by atoms with E-state index in [2.05, 4.69) is 5.10 Å². The molecule has 0 radical (unpaired) electrons. The molecule has 6 heteroatoms. The molecule has 0 fully saturated rings. The summed E-state index contributed by atoms with van der Waals surface area (Å²) in [5, 5.41) is 13.3. The van der Waals surface area contributed by atoms with Gasteiger partial charge in [0.1, 0.15) is 11.3 Å². The third-order valence-corrected chi connectivity index (χ3v) is 3.13. The smallest absolute Gasteiger partial charge is 0.341 e. The van der Waals surface area contributed by atoms with Crippen LogP contribution in [0, 0.1) is 0 Å². The normalized spacial score (nSPS) is 10.5. The van der Waals surface area contributed by atoms with E-state index < -0.39 is 11.5 Å². The maximum absolute atomic E-state index is 11.9. The van der Waals surface area contributed by atoms with E-state index >= 15 is 0 Å². The Morgan fingerprint density at radius 3 is 2.50 bits per heavy atom. The first-order valence-electron chi connectivity index (χ1n) is 7.15. The molecule has 0 unspecified atom stereocenters. The first kappa shape index (κ1) is 15.8. The van der Waals surface area contributed by atoms with E-state index in [9.17, 15) is 9.59 Å². The lowest BCUT2D eigenvalue weighted by molar-refractivity contribution is 0.0693. The Hall–Kier alpha value is -2.63. The largest absolute Gasteiger partial charge is 0.494 e. The molecule has 0 saturated heterocycles. The zero-order valence-electron chi connectivity index (χ0n) is 12.6. The van der Waals surface area contributed by atoms with Crippen molar-refractivity contribution < 1.29 is 14.6 Å². The van der Waals surface area contributed by atoms with Gasteiger partial charge in [0.05, 0.1) is 12.3 Å². The van der Waals surface area contributed by atoms with Gasteiger partial charge >= 0.3 is 5.97 Å². The van der Waals surface area contributed by atoms with E-state index in [4.69, 9.17) is 9.84 Å². The van der Waals surface area contributed by atoms with Crippen LogP contribution in [0.5, 0.6) is 5.75 Å². The fraction of sp³-hybridized carbons (Fsp3) is 0.312. The number of aryl methyl sites for hydroxylation is 1. The highest BCUT2D eigenvalue weighted by atomic mass is 16.5. The molecule has 0 bridgehead atoms. The van der Waals surface area contributed by atoms with Gasteiger partial charge < -0.3 is 9.84 Å². The Morgan fingerprint density at radius 2 is 1.95 bits per heavy atom. The summed E-state index contributed by atoms with van der Waals surface area (Å²) in [5.74, 6) is -0.508. The van der Waals surface area contributed by atoms with Crippen LogP contribution in [0.1, 0.15) is 30.6 Å². The highest BCUT2D eigenvalue weighted by Gasteiger charge is 2.14. The van der Waals surface area contributed by atoms with Crippen LogP contribution in [0.4, 0.5) is 0 Å². The molecule has 0 aliphatic rings. The highest BCUT2D eigenvalue weighted by Crippen LogP contribution is 2.20. The molecule has 1 N–H and O–H groups in total. The highest BCUT2D eigenvalue weighted by molar-refractivity contribution is 5.88. The molecule has 6 nitrogen and oxygen atoms in total. The van der Waals surface area contributed by atoms with Crippen LogP contribution in [-0.4, -0.2) is 27.5 Å². The second kappa shape index (κ2) is 6.89. The Labute approximate surface area is 128 Å². The van der Waals surface area contributed by atoms with Gasteiger partial charge in [0.25, 0.3) is 5.56 Å². The van der Waals surface area contributed by atoms with Crippen molar-refractivity contribution in [3.05, 3.63) is 46.2 Å². The molecule has 116 valence electrons. The summed E-state index contributed by atoms with van der Waals surface area (Å²) in [6.07, 6.45) is 0.923. The molecule has 1 aromatic carbocycles. The van der Waals surface area contributed by atoms with Crippen molar-refractivity contribution in [3.63, 3.8) is 0 Å². The second-order valence-electron chi connectivity index (χ2n) is 4.74. The number of benzene rings is 1. The second-order valence-corrected chi connectivity index (χ2v) is 4.74. The third-order valence-electron chi connectivity index (χ3n) is 3.13. The molecule has 2 aromatic rings. The van der Waals surface area contributed by atoms with Gasteiger partial charge in [0, 0.05) is 12.1 Å². The molecule has 22 heavy (non-hydrogen) atoms. The van der Waals surface area contributed by atoms with Gasteiger partial charge in [-0.2, -0.15) is 5.10 Å². The van der Waals surface area contributed by atoms with Crippen molar-refractivity contribution in [1.29, 1.82) is 0 Å². The van der Waals surface area contributed by atoms with Gasteiger partial charge in [-0.05, 0) is 43.7 Å². The number of carboxylic acid groups (broad SMARTS) is 1. The van der Waals surface area contributed by atoms with E-state index in [1.165, 1.54) is 6.07 Å². The number of rotatable bonds is 6. The van der Waals surface area contributed by atoms with Gasteiger partial charge in [0.15, 0.2) is 0 Å². The molecular formula is C16H18N2O4. The Bertz CT molecular complexity index is 720. The summed E-state index contributed by atoms with van der Waals surface area (Å²) in [4.78, 5) is 23.1. The lowest BCUT2D eigenvalue weighted by Crippen LogP contribution is -2.28. The lowest BCUT2D eigenvalue weighted by Gasteiger charge is -2.08. The van der Waals surface area contributed by atoms with Gasteiger partial charge in [-0.15, -0.1) is 0 Å². The van der Waals surface area contributed by atoms with Gasteiger partial charge in [-0.25, -0.2) is 9.48 Å². The fourth-order valence-corrected chi connectivity index (χ4v) is 1.99. The third kappa shape index (κ3) is 3.33. The summed E-state index contributed by atoms with van der Waals surface area (Å²) < 4.78 is 6.66. The zero-order valence-corrected chi connectivity index (χ0v) is 12.6. The standard InChI is InChI=1S/C16H18N2O4/c1-3-9-22-12-7-5-11(6-8-12)14-10-13(16(20)21)15(19)18(4-2)17-14/h5-8,10H,3-4,9H2,1-2H3,(H,20,21). The molecule has 0 spiro atoms. The Kier molecular flexibility index (Phi) is 4.93. The summed E-state index contributed by atoms with van der Waals surface area (Å²) in [7, 11) is 0. The molecule has 0 saturated carbocycles. The van der Waals surface area contributed by atoms with Crippen molar-refractivity contribution in [1.82, 2.24) is 9.78 Å². The summed E-state index contributed by atoms with van der Waals surface area (Å²) in [5.41, 5.74) is 0.300.